The van der Waals surface area contributed by atoms with Crippen LogP contribution in [-0.4, -0.2) is 24.8 Å². The van der Waals surface area contributed by atoms with E-state index in [0.29, 0.717) is 6.42 Å². The molecule has 0 rings (SSSR count). The van der Waals surface area contributed by atoms with Crippen LogP contribution in [0, 0.1) is 5.92 Å². The maximum absolute atomic E-state index is 10.7. The molecular formula is C16H32KNO6S. The van der Waals surface area contributed by atoms with Gasteiger partial charge in [0.15, 0.2) is 0 Å². The average molecular weight is 406 g/mol. The van der Waals surface area contributed by atoms with Crippen LogP contribution in [0.4, 0.5) is 0 Å². The van der Waals surface area contributed by atoms with Crippen LogP contribution in [0.1, 0.15) is 85.0 Å². The molecule has 0 bridgehead atoms. The van der Waals surface area contributed by atoms with Gasteiger partial charge in [-0.2, -0.15) is 8.42 Å². The molecule has 25 heavy (non-hydrogen) atoms. The zero-order valence-corrected chi connectivity index (χ0v) is 20.0. The first kappa shape index (κ1) is 30.2. The maximum atomic E-state index is 10.7. The molecule has 0 aromatic rings. The Morgan fingerprint density at radius 3 is 1.72 bits per heavy atom. The van der Waals surface area contributed by atoms with Crippen LogP contribution < -0.4 is 61.2 Å². The number of carbonyl (C=O) groups excluding carboxylic acids is 2. The van der Waals surface area contributed by atoms with E-state index in [1.54, 1.807) is 0 Å². The summed E-state index contributed by atoms with van der Waals surface area (Å²) in [6, 6.07) is 0. The van der Waals surface area contributed by atoms with E-state index in [-0.39, 0.29) is 57.3 Å². The zero-order valence-electron chi connectivity index (χ0n) is 16.0. The van der Waals surface area contributed by atoms with Gasteiger partial charge in [-0.15, -0.1) is 0 Å². The van der Waals surface area contributed by atoms with E-state index in [9.17, 15) is 23.1 Å². The van der Waals surface area contributed by atoms with Crippen molar-refractivity contribution in [2.24, 2.45) is 5.92 Å². The number of hydrogen-bond donors (Lipinski definition) is 2. The van der Waals surface area contributed by atoms with E-state index in [2.05, 4.69) is 6.92 Å². The van der Waals surface area contributed by atoms with Crippen molar-refractivity contribution in [3.63, 3.8) is 0 Å². The largest absolute Gasteiger partial charge is 1.00 e. The van der Waals surface area contributed by atoms with E-state index in [1.165, 1.54) is 49.7 Å². The molecule has 0 radical (unpaired) electrons. The van der Waals surface area contributed by atoms with Crippen molar-refractivity contribution in [2.75, 3.05) is 0 Å². The predicted molar refractivity (Wildman–Crippen MR) is 91.4 cm³/mol. The first-order chi connectivity index (χ1) is 11.1. The van der Waals surface area contributed by atoms with Gasteiger partial charge < -0.3 is 9.90 Å². The van der Waals surface area contributed by atoms with Crippen molar-refractivity contribution in [3.8, 4) is 0 Å². The van der Waals surface area contributed by atoms with Crippen LogP contribution >= 0.6 is 0 Å². The Morgan fingerprint density at radius 1 is 1.00 bits per heavy atom. The number of unbranched alkanes of at least 4 members (excludes halogenated alkanes) is 7. The van der Waals surface area contributed by atoms with Crippen LogP contribution in [0.2, 0.25) is 0 Å². The number of carboxylic acids is 1. The molecule has 0 heterocycles. The molecule has 2 N–H and O–H groups in total. The third-order valence-corrected chi connectivity index (χ3v) is 4.05. The molecule has 0 aromatic carbocycles. The Bertz CT molecular complexity index is 442. The molecule has 0 aromatic heterocycles. The summed E-state index contributed by atoms with van der Waals surface area (Å²) in [6.07, 6.45) is 11.6. The molecule has 144 valence electrons. The van der Waals surface area contributed by atoms with Crippen LogP contribution in [0.5, 0.6) is 0 Å². The fraction of sp³-hybridized carbons (Fsp3) is 0.875. The maximum Gasteiger partial charge on any atom is 1.00 e. The Balaban J connectivity index is -0.000000457. The minimum absolute atomic E-state index is 0. The van der Waals surface area contributed by atoms with Crippen LogP contribution in [0.25, 0.3) is 0 Å². The van der Waals surface area contributed by atoms with Crippen molar-refractivity contribution < 1.29 is 79.1 Å². The Kier molecular flexibility index (Phi) is 23.3. The molecule has 9 heteroatoms. The zero-order chi connectivity index (χ0) is 19.0. The van der Waals surface area contributed by atoms with Gasteiger partial charge in [-0.25, -0.2) is 4.72 Å². The van der Waals surface area contributed by atoms with Crippen LogP contribution in [-0.2, 0) is 19.9 Å². The van der Waals surface area contributed by atoms with Gasteiger partial charge in [-0.3, -0.25) is 9.35 Å². The minimum atomic E-state index is -4.32. The fourth-order valence-electron chi connectivity index (χ4n) is 2.19. The van der Waals surface area contributed by atoms with Gasteiger partial charge in [0.25, 0.3) is 0 Å². The van der Waals surface area contributed by atoms with Crippen LogP contribution in [0.15, 0.2) is 0 Å². The summed E-state index contributed by atoms with van der Waals surface area (Å²) >= 11 is 0. The Labute approximate surface area is 195 Å². The topological polar surface area (TPSA) is 124 Å². The summed E-state index contributed by atoms with van der Waals surface area (Å²) in [5.41, 5.74) is 0. The smallest absolute Gasteiger partial charge is 0.550 e. The van der Waals surface area contributed by atoms with Gasteiger partial charge in [0, 0.05) is 12.9 Å². The summed E-state index contributed by atoms with van der Waals surface area (Å²) in [6.45, 7) is 5.13. The SMILES string of the molecule is CC(=O)NS(=O)(=O)O.CCCCCCCCCCC(CC)C(=O)[O-].[K+]. The van der Waals surface area contributed by atoms with Crippen molar-refractivity contribution in [1.29, 1.82) is 0 Å². The first-order valence-corrected chi connectivity index (χ1v) is 10.0. The van der Waals surface area contributed by atoms with E-state index in [0.717, 1.165) is 19.8 Å². The standard InChI is InChI=1S/C14H28O2.C2H5NO4S.K/c1-3-5-6-7-8-9-10-11-12-13(4-2)14(15)16;1-2(4)3-8(5,6)7;/h13H,3-12H2,1-2H3,(H,15,16);1H3,(H,3,4)(H,5,6,7);/q;;+1/p-1. The van der Waals surface area contributed by atoms with Gasteiger partial charge >= 0.3 is 61.7 Å². The number of carboxylic acid groups (broad SMARTS) is 1. The van der Waals surface area contributed by atoms with Gasteiger partial charge in [0.05, 0.1) is 0 Å². The molecular weight excluding hydrogens is 373 g/mol. The molecule has 0 fully saturated rings. The summed E-state index contributed by atoms with van der Waals surface area (Å²) in [5.74, 6) is -1.90. The van der Waals surface area contributed by atoms with Gasteiger partial charge in [0.2, 0.25) is 5.91 Å². The Morgan fingerprint density at radius 2 is 1.44 bits per heavy atom. The summed E-state index contributed by atoms with van der Waals surface area (Å²) in [4.78, 5) is 20.5. The number of hydrogen-bond acceptors (Lipinski definition) is 5. The third-order valence-electron chi connectivity index (χ3n) is 3.50. The van der Waals surface area contributed by atoms with Gasteiger partial charge in [-0.1, -0.05) is 65.2 Å². The molecule has 7 nitrogen and oxygen atoms in total. The normalized spacial score (nSPS) is 11.5. The molecule has 1 atom stereocenters. The van der Waals surface area contributed by atoms with Crippen molar-refractivity contribution >= 4 is 22.2 Å². The number of rotatable bonds is 12. The third kappa shape index (κ3) is 26.8. The molecule has 0 aliphatic rings. The van der Waals surface area contributed by atoms with Crippen LogP contribution in [0.3, 0.4) is 0 Å². The van der Waals surface area contributed by atoms with Gasteiger partial charge in [-0.05, 0) is 18.8 Å². The number of carbonyl (C=O) groups is 2. The van der Waals surface area contributed by atoms with E-state index < -0.39 is 22.2 Å². The first-order valence-electron chi connectivity index (χ1n) is 8.60. The fourth-order valence-corrected chi connectivity index (χ4v) is 2.56. The second-order valence-electron chi connectivity index (χ2n) is 5.82. The average Bonchev–Trinajstić information content (AvgIpc) is 2.43. The summed E-state index contributed by atoms with van der Waals surface area (Å²) < 4.78 is 28.4. The predicted octanol–water partition coefficient (Wildman–Crippen LogP) is -0.777. The number of nitrogens with one attached hydrogen (secondary N) is 1. The number of aliphatic carboxylic acids is 1. The van der Waals surface area contributed by atoms with Crippen molar-refractivity contribution in [2.45, 2.75) is 85.0 Å². The van der Waals surface area contributed by atoms with Crippen molar-refractivity contribution in [1.82, 2.24) is 4.72 Å². The summed E-state index contributed by atoms with van der Waals surface area (Å²) in [5, 5.41) is 10.7. The molecule has 0 saturated heterocycles. The molecule has 0 spiro atoms. The molecule has 1 unspecified atom stereocenters. The van der Waals surface area contributed by atoms with E-state index >= 15 is 0 Å². The Hall–Kier alpha value is 0.486. The van der Waals surface area contributed by atoms with E-state index in [1.807, 2.05) is 6.92 Å². The van der Waals surface area contributed by atoms with E-state index in [4.69, 9.17) is 4.55 Å². The van der Waals surface area contributed by atoms with Crippen molar-refractivity contribution in [3.05, 3.63) is 0 Å². The molecule has 0 saturated carbocycles. The quantitative estimate of drug-likeness (QED) is 0.249. The molecule has 0 aliphatic carbocycles. The summed E-state index contributed by atoms with van der Waals surface area (Å²) in [7, 11) is -4.32. The van der Waals surface area contributed by atoms with Gasteiger partial charge in [0.1, 0.15) is 0 Å². The number of amides is 1. The second kappa shape index (κ2) is 19.3. The monoisotopic (exact) mass is 405 g/mol. The molecule has 1 amide bonds. The second-order valence-corrected chi connectivity index (χ2v) is 6.98. The minimum Gasteiger partial charge on any atom is -0.550 e. The molecule has 0 aliphatic heterocycles.